The van der Waals surface area contributed by atoms with Gasteiger partial charge in [0, 0.05) is 6.21 Å². The molecule has 1 radical (unpaired) electrons. The molecule has 39 valence electrons. The summed E-state index contributed by atoms with van der Waals surface area (Å²) < 4.78 is 0. The molecule has 0 aliphatic carbocycles. The number of carbonyl (C=O) groups is 1. The molecule has 0 spiro atoms. The zero-order valence-corrected chi connectivity index (χ0v) is 4.29. The van der Waals surface area contributed by atoms with Gasteiger partial charge in [0.25, 0.3) is 0 Å². The molecule has 0 rings (SSSR count). The third-order valence-corrected chi connectivity index (χ3v) is 0.401. The lowest BCUT2D eigenvalue weighted by molar-refractivity contribution is -0.106. The molecule has 2 heteroatoms. The van der Waals surface area contributed by atoms with Crippen molar-refractivity contribution in [1.82, 2.24) is 0 Å². The molecule has 1 unspecified atom stereocenters. The first-order chi connectivity index (χ1) is 3.27. The van der Waals surface area contributed by atoms with Gasteiger partial charge in [-0.05, 0) is 12.8 Å². The minimum absolute atomic E-state index is 0.130. The summed E-state index contributed by atoms with van der Waals surface area (Å²) in [6.45, 7) is 5.42. The van der Waals surface area contributed by atoms with E-state index in [9.17, 15) is 4.79 Å². The van der Waals surface area contributed by atoms with Crippen LogP contribution in [0.3, 0.4) is 0 Å². The Bertz CT molecular complexity index is 76.1. The quantitative estimate of drug-likeness (QED) is 0.369. The highest BCUT2D eigenvalue weighted by Crippen LogP contribution is 1.81. The van der Waals surface area contributed by atoms with Crippen molar-refractivity contribution in [2.75, 3.05) is 0 Å². The Morgan fingerprint density at radius 3 is 2.57 bits per heavy atom. The molecule has 0 aromatic carbocycles. The van der Waals surface area contributed by atoms with Crippen molar-refractivity contribution in [2.45, 2.75) is 6.92 Å². The Hall–Kier alpha value is -0.660. The highest BCUT2D eigenvalue weighted by atomic mass is 16.1. The van der Waals surface area contributed by atoms with E-state index in [0.717, 1.165) is 0 Å². The second kappa shape index (κ2) is 3.53. The highest BCUT2D eigenvalue weighted by molar-refractivity contribution is 5.71. The van der Waals surface area contributed by atoms with Crippen LogP contribution >= 0.6 is 0 Å². The zero-order chi connectivity index (χ0) is 5.70. The first-order valence-electron chi connectivity index (χ1n) is 2.07. The van der Waals surface area contributed by atoms with E-state index in [1.807, 2.05) is 6.92 Å². The van der Waals surface area contributed by atoms with Crippen LogP contribution in [-0.4, -0.2) is 12.6 Å². The van der Waals surface area contributed by atoms with Gasteiger partial charge in [-0.3, -0.25) is 4.79 Å². The van der Waals surface area contributed by atoms with E-state index < -0.39 is 0 Å². The van der Waals surface area contributed by atoms with Crippen LogP contribution in [0, 0.1) is 12.8 Å². The topological polar surface area (TPSA) is 29.4 Å². The van der Waals surface area contributed by atoms with E-state index >= 15 is 0 Å². The number of hydrogen-bond donors (Lipinski definition) is 0. The van der Waals surface area contributed by atoms with E-state index in [-0.39, 0.29) is 5.92 Å². The number of amides is 1. The van der Waals surface area contributed by atoms with Gasteiger partial charge in [-0.15, -0.1) is 0 Å². The van der Waals surface area contributed by atoms with Gasteiger partial charge in [0.2, 0.25) is 6.41 Å². The number of nitrogens with zero attached hydrogens (tertiary/aromatic N) is 1. The van der Waals surface area contributed by atoms with Crippen LogP contribution in [0.15, 0.2) is 4.99 Å². The molecule has 7 heavy (non-hydrogen) atoms. The SMILES string of the molecule is [CH2]C(C)C=NC=O. The summed E-state index contributed by atoms with van der Waals surface area (Å²) in [6, 6.07) is 0. The predicted octanol–water partition coefficient (Wildman–Crippen LogP) is 0.684. The van der Waals surface area contributed by atoms with Gasteiger partial charge in [-0.25, -0.2) is 4.99 Å². The van der Waals surface area contributed by atoms with Gasteiger partial charge in [-0.2, -0.15) is 0 Å². The van der Waals surface area contributed by atoms with Crippen LogP contribution in [0.25, 0.3) is 0 Å². The van der Waals surface area contributed by atoms with Crippen molar-refractivity contribution >= 4 is 12.6 Å². The number of carbonyl (C=O) groups excluding carboxylic acids is 1. The van der Waals surface area contributed by atoms with Crippen LogP contribution in [0.4, 0.5) is 0 Å². The average Bonchev–Trinajstić information content (AvgIpc) is 1.61. The molecule has 0 aliphatic rings. The van der Waals surface area contributed by atoms with E-state index in [1.54, 1.807) is 0 Å². The summed E-state index contributed by atoms with van der Waals surface area (Å²) >= 11 is 0. The third-order valence-electron chi connectivity index (χ3n) is 0.401. The molecule has 0 fully saturated rings. The van der Waals surface area contributed by atoms with Crippen molar-refractivity contribution in [3.05, 3.63) is 6.92 Å². The fourth-order valence-electron chi connectivity index (χ4n) is 0.182. The van der Waals surface area contributed by atoms with E-state index in [0.29, 0.717) is 6.41 Å². The molecule has 0 aromatic rings. The Kier molecular flexibility index (Phi) is 3.19. The number of hydrogen-bond acceptors (Lipinski definition) is 1. The smallest absolute Gasteiger partial charge is 0.232 e. The van der Waals surface area contributed by atoms with Crippen LogP contribution in [0.1, 0.15) is 6.92 Å². The Morgan fingerprint density at radius 1 is 1.86 bits per heavy atom. The summed E-state index contributed by atoms with van der Waals surface area (Å²) in [7, 11) is 0. The summed E-state index contributed by atoms with van der Waals surface area (Å²) in [4.78, 5) is 12.8. The maximum atomic E-state index is 9.48. The van der Waals surface area contributed by atoms with E-state index in [4.69, 9.17) is 0 Å². The monoisotopic (exact) mass is 98.1 g/mol. The normalized spacial score (nSPS) is 10.7. The fourth-order valence-corrected chi connectivity index (χ4v) is 0.182. The Balaban J connectivity index is 3.25. The second-order valence-electron chi connectivity index (χ2n) is 1.38. The summed E-state index contributed by atoms with van der Waals surface area (Å²) in [5.74, 6) is 0.130. The predicted molar refractivity (Wildman–Crippen MR) is 29.1 cm³/mol. The molecular weight excluding hydrogens is 90.1 g/mol. The van der Waals surface area contributed by atoms with Crippen LogP contribution < -0.4 is 0 Å². The lowest BCUT2D eigenvalue weighted by Crippen LogP contribution is -1.86. The van der Waals surface area contributed by atoms with E-state index in [1.165, 1.54) is 6.21 Å². The molecular formula is C5H8NO. The molecule has 0 saturated carbocycles. The van der Waals surface area contributed by atoms with Crippen LogP contribution in [-0.2, 0) is 4.79 Å². The van der Waals surface area contributed by atoms with E-state index in [2.05, 4.69) is 11.9 Å². The molecule has 0 bridgehead atoms. The summed E-state index contributed by atoms with van der Waals surface area (Å²) in [5, 5.41) is 0. The maximum absolute atomic E-state index is 9.48. The first kappa shape index (κ1) is 6.34. The standard InChI is InChI=1S/C5H8NO/c1-5(2)3-6-4-7/h3-5H,1H2,2H3. The van der Waals surface area contributed by atoms with Crippen molar-refractivity contribution in [2.24, 2.45) is 10.9 Å². The zero-order valence-electron chi connectivity index (χ0n) is 4.29. The van der Waals surface area contributed by atoms with Gasteiger partial charge in [0.15, 0.2) is 0 Å². The molecule has 2 nitrogen and oxygen atoms in total. The highest BCUT2D eigenvalue weighted by Gasteiger charge is 1.80. The third kappa shape index (κ3) is 5.34. The molecule has 0 heterocycles. The van der Waals surface area contributed by atoms with Crippen molar-refractivity contribution < 1.29 is 4.79 Å². The average molecular weight is 98.1 g/mol. The largest absolute Gasteiger partial charge is 0.276 e. The lowest BCUT2D eigenvalue weighted by atomic mass is 10.3. The van der Waals surface area contributed by atoms with Crippen molar-refractivity contribution in [3.63, 3.8) is 0 Å². The molecule has 0 aliphatic heterocycles. The van der Waals surface area contributed by atoms with Gasteiger partial charge in [-0.1, -0.05) is 6.92 Å². The van der Waals surface area contributed by atoms with Gasteiger partial charge in [0.05, 0.1) is 0 Å². The minimum atomic E-state index is 0.130. The number of aliphatic imine (C=N–C) groups is 1. The van der Waals surface area contributed by atoms with Gasteiger partial charge >= 0.3 is 0 Å². The molecule has 0 aromatic heterocycles. The van der Waals surface area contributed by atoms with Crippen molar-refractivity contribution in [1.29, 1.82) is 0 Å². The number of rotatable bonds is 2. The maximum Gasteiger partial charge on any atom is 0.232 e. The molecule has 1 atom stereocenters. The van der Waals surface area contributed by atoms with Crippen molar-refractivity contribution in [3.8, 4) is 0 Å². The van der Waals surface area contributed by atoms with Crippen LogP contribution in [0.2, 0.25) is 0 Å². The molecule has 0 saturated heterocycles. The second-order valence-corrected chi connectivity index (χ2v) is 1.38. The minimum Gasteiger partial charge on any atom is -0.276 e. The Morgan fingerprint density at radius 2 is 2.43 bits per heavy atom. The Labute approximate surface area is 43.3 Å². The first-order valence-corrected chi connectivity index (χ1v) is 2.07. The van der Waals surface area contributed by atoms with Gasteiger partial charge < -0.3 is 0 Å². The molecule has 0 N–H and O–H groups in total. The van der Waals surface area contributed by atoms with Crippen LogP contribution in [0.5, 0.6) is 0 Å². The fraction of sp³-hybridized carbons (Fsp3) is 0.400. The summed E-state index contributed by atoms with van der Waals surface area (Å²) in [6.07, 6.45) is 1.99. The lowest BCUT2D eigenvalue weighted by Gasteiger charge is -1.85. The molecule has 1 amide bonds. The summed E-state index contributed by atoms with van der Waals surface area (Å²) in [5.41, 5.74) is 0. The van der Waals surface area contributed by atoms with Gasteiger partial charge in [0.1, 0.15) is 0 Å².